The maximum atomic E-state index is 10.5. The topological polar surface area (TPSA) is 63.3 Å². The monoisotopic (exact) mass is 179 g/mol. The Hall–Kier alpha value is -1.51. The molecule has 0 bridgehead atoms. The molecule has 0 aromatic heterocycles. The molecule has 3 N–H and O–H groups in total. The number of carbonyl (C=O) groups is 1. The number of para-hydroxylation sites is 1. The molecule has 70 valence electrons. The molecule has 0 aliphatic carbocycles. The number of benzene rings is 1. The van der Waals surface area contributed by atoms with Gasteiger partial charge in [-0.05, 0) is 17.5 Å². The Morgan fingerprint density at radius 1 is 1.54 bits per heavy atom. The Morgan fingerprint density at radius 2 is 2.15 bits per heavy atom. The maximum absolute atomic E-state index is 10.5. The van der Waals surface area contributed by atoms with Crippen molar-refractivity contribution in [2.75, 3.05) is 5.73 Å². The molecule has 1 atom stereocenters. The van der Waals surface area contributed by atoms with Crippen LogP contribution in [0.2, 0.25) is 0 Å². The maximum Gasteiger partial charge on any atom is 0.303 e. The van der Waals surface area contributed by atoms with Crippen LogP contribution in [0, 0.1) is 0 Å². The van der Waals surface area contributed by atoms with Gasteiger partial charge in [-0.25, -0.2) is 0 Å². The van der Waals surface area contributed by atoms with E-state index in [-0.39, 0.29) is 12.3 Å². The van der Waals surface area contributed by atoms with E-state index in [1.165, 1.54) is 0 Å². The Bertz CT molecular complexity index is 310. The summed E-state index contributed by atoms with van der Waals surface area (Å²) in [4.78, 5) is 10.5. The van der Waals surface area contributed by atoms with Gasteiger partial charge < -0.3 is 10.8 Å². The third-order valence-corrected chi connectivity index (χ3v) is 2.01. The Balaban J connectivity index is 2.82. The van der Waals surface area contributed by atoms with Gasteiger partial charge in [-0.15, -0.1) is 0 Å². The smallest absolute Gasteiger partial charge is 0.303 e. The molecule has 3 nitrogen and oxygen atoms in total. The average Bonchev–Trinajstić information content (AvgIpc) is 2.03. The number of carboxylic acid groups (broad SMARTS) is 1. The van der Waals surface area contributed by atoms with Crippen LogP contribution in [0.15, 0.2) is 24.3 Å². The average molecular weight is 179 g/mol. The van der Waals surface area contributed by atoms with Crippen molar-refractivity contribution in [1.82, 2.24) is 0 Å². The first-order valence-corrected chi connectivity index (χ1v) is 4.17. The Kier molecular flexibility index (Phi) is 2.90. The summed E-state index contributed by atoms with van der Waals surface area (Å²) in [6.07, 6.45) is 0.119. The molecular formula is C10H13NO2. The van der Waals surface area contributed by atoms with Gasteiger partial charge in [0.15, 0.2) is 0 Å². The summed E-state index contributed by atoms with van der Waals surface area (Å²) in [5, 5.41) is 8.60. The van der Waals surface area contributed by atoms with Crippen LogP contribution in [-0.2, 0) is 4.79 Å². The highest BCUT2D eigenvalue weighted by Crippen LogP contribution is 2.24. The van der Waals surface area contributed by atoms with Gasteiger partial charge >= 0.3 is 5.97 Å². The van der Waals surface area contributed by atoms with Crippen LogP contribution in [0.3, 0.4) is 0 Å². The molecule has 13 heavy (non-hydrogen) atoms. The molecule has 0 heterocycles. The lowest BCUT2D eigenvalue weighted by Crippen LogP contribution is -2.05. The number of rotatable bonds is 3. The summed E-state index contributed by atoms with van der Waals surface area (Å²) in [7, 11) is 0. The molecular weight excluding hydrogens is 166 g/mol. The molecule has 0 saturated heterocycles. The lowest BCUT2D eigenvalue weighted by molar-refractivity contribution is -0.137. The van der Waals surface area contributed by atoms with E-state index in [0.29, 0.717) is 5.69 Å². The molecule has 0 spiro atoms. The summed E-state index contributed by atoms with van der Waals surface area (Å²) >= 11 is 0. The van der Waals surface area contributed by atoms with Crippen molar-refractivity contribution < 1.29 is 9.90 Å². The zero-order valence-corrected chi connectivity index (χ0v) is 7.53. The zero-order valence-electron chi connectivity index (χ0n) is 7.53. The van der Waals surface area contributed by atoms with E-state index < -0.39 is 5.97 Å². The van der Waals surface area contributed by atoms with Gasteiger partial charge in [0, 0.05) is 5.69 Å². The van der Waals surface area contributed by atoms with Crippen LogP contribution in [0.5, 0.6) is 0 Å². The fourth-order valence-electron chi connectivity index (χ4n) is 1.33. The third-order valence-electron chi connectivity index (χ3n) is 2.01. The second-order valence-corrected chi connectivity index (χ2v) is 3.13. The zero-order chi connectivity index (χ0) is 9.84. The third kappa shape index (κ3) is 2.47. The number of hydrogen-bond acceptors (Lipinski definition) is 2. The minimum absolute atomic E-state index is 0.0290. The van der Waals surface area contributed by atoms with Gasteiger partial charge in [0.2, 0.25) is 0 Å². The number of carboxylic acids is 1. The van der Waals surface area contributed by atoms with Gasteiger partial charge in [0.25, 0.3) is 0 Å². The van der Waals surface area contributed by atoms with Crippen molar-refractivity contribution in [3.05, 3.63) is 29.8 Å². The quantitative estimate of drug-likeness (QED) is 0.696. The molecule has 0 aliphatic rings. The van der Waals surface area contributed by atoms with E-state index >= 15 is 0 Å². The molecule has 1 aromatic rings. The number of nitrogens with two attached hydrogens (primary N) is 1. The predicted molar refractivity (Wildman–Crippen MR) is 51.5 cm³/mol. The number of aliphatic carboxylic acids is 1. The molecule has 1 rings (SSSR count). The molecule has 0 fully saturated rings. The summed E-state index contributed by atoms with van der Waals surface area (Å²) in [5.74, 6) is -0.825. The molecule has 0 radical (unpaired) electrons. The normalized spacial score (nSPS) is 12.4. The number of hydrogen-bond donors (Lipinski definition) is 2. The van der Waals surface area contributed by atoms with Crippen LogP contribution in [0.1, 0.15) is 24.8 Å². The standard InChI is InChI=1S/C10H13NO2/c1-7(6-10(12)13)8-4-2-3-5-9(8)11/h2-5,7H,6,11H2,1H3,(H,12,13). The molecule has 1 aromatic carbocycles. The fourth-order valence-corrected chi connectivity index (χ4v) is 1.33. The van der Waals surface area contributed by atoms with E-state index in [9.17, 15) is 4.79 Å². The minimum Gasteiger partial charge on any atom is -0.481 e. The molecule has 3 heteroatoms. The minimum atomic E-state index is -0.796. The van der Waals surface area contributed by atoms with Crippen molar-refractivity contribution in [1.29, 1.82) is 0 Å². The summed E-state index contributed by atoms with van der Waals surface area (Å²) in [5.41, 5.74) is 7.27. The lowest BCUT2D eigenvalue weighted by atomic mass is 9.96. The van der Waals surface area contributed by atoms with Gasteiger partial charge in [0.1, 0.15) is 0 Å². The van der Waals surface area contributed by atoms with E-state index in [1.54, 1.807) is 6.07 Å². The highest BCUT2D eigenvalue weighted by Gasteiger charge is 2.11. The van der Waals surface area contributed by atoms with Crippen molar-refractivity contribution in [3.63, 3.8) is 0 Å². The van der Waals surface area contributed by atoms with E-state index in [4.69, 9.17) is 10.8 Å². The van der Waals surface area contributed by atoms with Gasteiger partial charge in [-0.2, -0.15) is 0 Å². The van der Waals surface area contributed by atoms with Crippen LogP contribution in [0.25, 0.3) is 0 Å². The van der Waals surface area contributed by atoms with Gasteiger partial charge in [-0.3, -0.25) is 4.79 Å². The van der Waals surface area contributed by atoms with E-state index in [2.05, 4.69) is 0 Å². The molecule has 0 aliphatic heterocycles. The first-order chi connectivity index (χ1) is 6.11. The largest absolute Gasteiger partial charge is 0.481 e. The van der Waals surface area contributed by atoms with Crippen LogP contribution in [-0.4, -0.2) is 11.1 Å². The fraction of sp³-hybridized carbons (Fsp3) is 0.300. The molecule has 0 saturated carbocycles. The molecule has 0 amide bonds. The van der Waals surface area contributed by atoms with Crippen molar-refractivity contribution in [2.45, 2.75) is 19.3 Å². The van der Waals surface area contributed by atoms with Crippen molar-refractivity contribution in [2.24, 2.45) is 0 Å². The highest BCUT2D eigenvalue weighted by atomic mass is 16.4. The second-order valence-electron chi connectivity index (χ2n) is 3.13. The Morgan fingerprint density at radius 3 is 2.69 bits per heavy atom. The summed E-state index contributed by atoms with van der Waals surface area (Å²) < 4.78 is 0. The summed E-state index contributed by atoms with van der Waals surface area (Å²) in [6, 6.07) is 7.35. The summed E-state index contributed by atoms with van der Waals surface area (Å²) in [6.45, 7) is 1.86. The van der Waals surface area contributed by atoms with Crippen LogP contribution < -0.4 is 5.73 Å². The van der Waals surface area contributed by atoms with Crippen LogP contribution in [0.4, 0.5) is 5.69 Å². The first kappa shape index (κ1) is 9.58. The van der Waals surface area contributed by atoms with Gasteiger partial charge in [0.05, 0.1) is 6.42 Å². The number of anilines is 1. The number of nitrogen functional groups attached to an aromatic ring is 1. The van der Waals surface area contributed by atoms with Crippen molar-refractivity contribution in [3.8, 4) is 0 Å². The highest BCUT2D eigenvalue weighted by molar-refractivity contribution is 5.68. The van der Waals surface area contributed by atoms with Crippen molar-refractivity contribution >= 4 is 11.7 Å². The van der Waals surface area contributed by atoms with E-state index in [1.807, 2.05) is 25.1 Å². The first-order valence-electron chi connectivity index (χ1n) is 4.17. The molecule has 1 unspecified atom stereocenters. The van der Waals surface area contributed by atoms with Gasteiger partial charge in [-0.1, -0.05) is 25.1 Å². The van der Waals surface area contributed by atoms with E-state index in [0.717, 1.165) is 5.56 Å². The predicted octanol–water partition coefficient (Wildman–Crippen LogP) is 1.85. The Labute approximate surface area is 77.2 Å². The van der Waals surface area contributed by atoms with Crippen LogP contribution >= 0.6 is 0 Å². The lowest BCUT2D eigenvalue weighted by Gasteiger charge is -2.11. The second kappa shape index (κ2) is 3.94. The SMILES string of the molecule is CC(CC(=O)O)c1ccccc1N.